The maximum Gasteiger partial charge on any atom is 0.338 e. The van der Waals surface area contributed by atoms with Crippen LogP contribution in [-0.2, 0) is 11.2 Å². The van der Waals surface area contributed by atoms with Crippen LogP contribution in [0.25, 0.3) is 11.1 Å². The van der Waals surface area contributed by atoms with Crippen LogP contribution in [0.3, 0.4) is 0 Å². The minimum atomic E-state index is -1.57. The van der Waals surface area contributed by atoms with Gasteiger partial charge in [0, 0.05) is 16.7 Å². The number of fused-ring (bicyclic) bond motifs is 3. The van der Waals surface area contributed by atoms with E-state index in [0.717, 1.165) is 0 Å². The zero-order valence-electron chi connectivity index (χ0n) is 23.2. The Kier molecular flexibility index (Phi) is 7.83. The molecule has 0 aliphatic heterocycles. The molecule has 208 valence electrons. The number of methoxy groups -OCH3 is 5. The molecule has 3 aromatic carbocycles. The topological polar surface area (TPSA) is 113 Å². The van der Waals surface area contributed by atoms with E-state index < -0.39 is 23.6 Å². The molecule has 1 aliphatic rings. The molecule has 0 radical (unpaired) electrons. The second kappa shape index (κ2) is 10.9. The van der Waals surface area contributed by atoms with Crippen molar-refractivity contribution in [2.75, 3.05) is 35.5 Å². The highest BCUT2D eigenvalue weighted by Gasteiger charge is 2.46. The van der Waals surface area contributed by atoms with Crippen molar-refractivity contribution in [3.8, 4) is 45.6 Å². The van der Waals surface area contributed by atoms with Crippen LogP contribution in [0.4, 0.5) is 0 Å². The lowest BCUT2D eigenvalue weighted by Gasteiger charge is -2.41. The van der Waals surface area contributed by atoms with Gasteiger partial charge in [-0.05, 0) is 49.1 Å². The standard InChI is InChI=1S/C30H34O9/c1-16-13-18-14-20(31)24(35-4)26(37-6)22(18)23-19(15-21(34-3)25(36-5)27(23)38-7)28(30(16,2)33)39-29(32)17-11-9-8-10-12-17/h8-12,14-16,28,31,33H,13H2,1-7H3/t16-,28-,30-/m0/s1. The molecule has 0 unspecified atom stereocenters. The van der Waals surface area contributed by atoms with Gasteiger partial charge in [-0.1, -0.05) is 25.1 Å². The van der Waals surface area contributed by atoms with E-state index in [-0.39, 0.29) is 23.0 Å². The summed E-state index contributed by atoms with van der Waals surface area (Å²) in [5, 5.41) is 22.8. The molecule has 39 heavy (non-hydrogen) atoms. The molecule has 9 heteroatoms. The molecule has 0 amide bonds. The van der Waals surface area contributed by atoms with Crippen LogP contribution in [0.15, 0.2) is 42.5 Å². The van der Waals surface area contributed by atoms with Gasteiger partial charge >= 0.3 is 5.97 Å². The van der Waals surface area contributed by atoms with E-state index in [4.69, 9.17) is 28.4 Å². The molecule has 0 saturated carbocycles. The van der Waals surface area contributed by atoms with Crippen LogP contribution in [0.5, 0.6) is 34.5 Å². The van der Waals surface area contributed by atoms with Crippen molar-refractivity contribution < 1.29 is 43.4 Å². The van der Waals surface area contributed by atoms with Gasteiger partial charge in [-0.3, -0.25) is 0 Å². The van der Waals surface area contributed by atoms with Gasteiger partial charge < -0.3 is 38.6 Å². The zero-order valence-corrected chi connectivity index (χ0v) is 23.2. The van der Waals surface area contributed by atoms with Crippen molar-refractivity contribution in [2.45, 2.75) is 32.0 Å². The summed E-state index contributed by atoms with van der Waals surface area (Å²) >= 11 is 0. The molecule has 0 aromatic heterocycles. The fourth-order valence-electron chi connectivity index (χ4n) is 5.19. The minimum Gasteiger partial charge on any atom is -0.504 e. The zero-order chi connectivity index (χ0) is 28.5. The number of esters is 1. The average molecular weight is 539 g/mol. The smallest absolute Gasteiger partial charge is 0.338 e. The molecule has 9 nitrogen and oxygen atoms in total. The number of aliphatic hydroxyl groups is 1. The number of phenols is 1. The number of benzene rings is 3. The first-order chi connectivity index (χ1) is 18.6. The third kappa shape index (κ3) is 4.67. The third-order valence-electron chi connectivity index (χ3n) is 7.39. The van der Waals surface area contributed by atoms with Crippen molar-refractivity contribution in [3.05, 3.63) is 59.2 Å². The number of phenolic OH excluding ortho intramolecular Hbond substituents is 1. The van der Waals surface area contributed by atoms with Gasteiger partial charge in [-0.15, -0.1) is 0 Å². The Bertz CT molecular complexity index is 1370. The highest BCUT2D eigenvalue weighted by atomic mass is 16.6. The summed E-state index contributed by atoms with van der Waals surface area (Å²) in [5.74, 6) is 0.0690. The van der Waals surface area contributed by atoms with Crippen molar-refractivity contribution in [1.29, 1.82) is 0 Å². The molecule has 4 rings (SSSR count). The second-order valence-electron chi connectivity index (χ2n) is 9.59. The van der Waals surface area contributed by atoms with Crippen molar-refractivity contribution >= 4 is 5.97 Å². The first kappa shape index (κ1) is 27.9. The van der Waals surface area contributed by atoms with E-state index in [1.807, 2.05) is 6.92 Å². The fourth-order valence-corrected chi connectivity index (χ4v) is 5.19. The van der Waals surface area contributed by atoms with E-state index in [0.29, 0.717) is 45.7 Å². The Morgan fingerprint density at radius 3 is 2.00 bits per heavy atom. The van der Waals surface area contributed by atoms with Gasteiger partial charge in [-0.25, -0.2) is 4.79 Å². The molecule has 0 saturated heterocycles. The largest absolute Gasteiger partial charge is 0.504 e. The van der Waals surface area contributed by atoms with Crippen LogP contribution in [0.2, 0.25) is 0 Å². The third-order valence-corrected chi connectivity index (χ3v) is 7.39. The van der Waals surface area contributed by atoms with E-state index in [1.165, 1.54) is 35.5 Å². The Morgan fingerprint density at radius 1 is 0.846 bits per heavy atom. The number of hydrogen-bond donors (Lipinski definition) is 2. The van der Waals surface area contributed by atoms with Crippen LogP contribution in [0, 0.1) is 5.92 Å². The quantitative estimate of drug-likeness (QED) is 0.404. The van der Waals surface area contributed by atoms with Gasteiger partial charge in [0.15, 0.2) is 29.1 Å². The summed E-state index contributed by atoms with van der Waals surface area (Å²) in [6.45, 7) is 3.48. The van der Waals surface area contributed by atoms with Gasteiger partial charge in [0.25, 0.3) is 0 Å². The van der Waals surface area contributed by atoms with E-state index in [2.05, 4.69) is 0 Å². The molecule has 0 heterocycles. The molecule has 3 aromatic rings. The van der Waals surface area contributed by atoms with Gasteiger partial charge in [-0.2, -0.15) is 0 Å². The average Bonchev–Trinajstić information content (AvgIpc) is 2.94. The number of carbonyl (C=O) groups is 1. The summed E-state index contributed by atoms with van der Waals surface area (Å²) in [5.41, 5.74) is 0.822. The van der Waals surface area contributed by atoms with Crippen LogP contribution >= 0.6 is 0 Å². The number of ether oxygens (including phenoxy) is 6. The summed E-state index contributed by atoms with van der Waals surface area (Å²) < 4.78 is 34.6. The molecule has 0 bridgehead atoms. The summed E-state index contributed by atoms with van der Waals surface area (Å²) in [4.78, 5) is 13.4. The predicted octanol–water partition coefficient (Wildman–Crippen LogP) is 4.94. The van der Waals surface area contributed by atoms with E-state index in [9.17, 15) is 15.0 Å². The Balaban J connectivity index is 2.14. The van der Waals surface area contributed by atoms with Gasteiger partial charge in [0.1, 0.15) is 5.60 Å². The monoisotopic (exact) mass is 538 g/mol. The summed E-state index contributed by atoms with van der Waals surface area (Å²) in [6.07, 6.45) is -0.867. The Morgan fingerprint density at radius 2 is 1.44 bits per heavy atom. The number of hydrogen-bond acceptors (Lipinski definition) is 9. The van der Waals surface area contributed by atoms with E-state index >= 15 is 0 Å². The number of rotatable bonds is 7. The normalized spacial score (nSPS) is 20.0. The summed E-state index contributed by atoms with van der Waals surface area (Å²) in [6, 6.07) is 11.8. The maximum atomic E-state index is 13.4. The van der Waals surface area contributed by atoms with Crippen LogP contribution in [-0.4, -0.2) is 57.3 Å². The van der Waals surface area contributed by atoms with Crippen molar-refractivity contribution in [2.24, 2.45) is 5.92 Å². The predicted molar refractivity (Wildman–Crippen MR) is 144 cm³/mol. The summed E-state index contributed by atoms with van der Waals surface area (Å²) in [7, 11) is 7.34. The van der Waals surface area contributed by atoms with Crippen LogP contribution < -0.4 is 23.7 Å². The lowest BCUT2D eigenvalue weighted by Crippen LogP contribution is -2.43. The highest BCUT2D eigenvalue weighted by molar-refractivity contribution is 5.91. The number of carbonyl (C=O) groups excluding carboxylic acids is 1. The maximum absolute atomic E-state index is 13.4. The first-order valence-corrected chi connectivity index (χ1v) is 12.4. The Labute approximate surface area is 227 Å². The lowest BCUT2D eigenvalue weighted by molar-refractivity contribution is -0.107. The number of aromatic hydroxyl groups is 1. The Hall–Kier alpha value is -4.11. The molecule has 3 atom stereocenters. The minimum absolute atomic E-state index is 0.117. The molecule has 0 fully saturated rings. The first-order valence-electron chi connectivity index (χ1n) is 12.4. The molecule has 1 aliphatic carbocycles. The second-order valence-corrected chi connectivity index (χ2v) is 9.59. The molecule has 2 N–H and O–H groups in total. The molecule has 0 spiro atoms. The van der Waals surface area contributed by atoms with Gasteiger partial charge in [0.05, 0.1) is 41.1 Å². The lowest BCUT2D eigenvalue weighted by atomic mass is 9.73. The SMILES string of the molecule is COc1cc2c(c(OC)c1OC)-c1c(cc(O)c(OC)c1OC)C[C@H](C)[C@](C)(O)[C@H]2OC(=O)c1ccccc1. The molecular weight excluding hydrogens is 504 g/mol. The van der Waals surface area contributed by atoms with Crippen LogP contribution in [0.1, 0.15) is 41.4 Å². The van der Waals surface area contributed by atoms with Crippen molar-refractivity contribution in [1.82, 2.24) is 0 Å². The van der Waals surface area contributed by atoms with E-state index in [1.54, 1.807) is 49.4 Å². The van der Waals surface area contributed by atoms with Gasteiger partial charge in [0.2, 0.25) is 11.5 Å². The fraction of sp³-hybridized carbons (Fsp3) is 0.367. The molecular formula is C30H34O9. The highest BCUT2D eigenvalue weighted by Crippen LogP contribution is 2.58. The van der Waals surface area contributed by atoms with Crippen molar-refractivity contribution in [3.63, 3.8) is 0 Å².